The van der Waals surface area contributed by atoms with Crippen LogP contribution in [0, 0.1) is 5.92 Å². The van der Waals surface area contributed by atoms with Crippen molar-refractivity contribution in [2.45, 2.75) is 44.9 Å². The third kappa shape index (κ3) is 7.15. The van der Waals surface area contributed by atoms with E-state index < -0.39 is 24.1 Å². The number of carboxylic acid groups (broad SMARTS) is 1. The van der Waals surface area contributed by atoms with Crippen LogP contribution >= 0.6 is 0 Å². The maximum Gasteiger partial charge on any atom is 0.408 e. The average molecular weight is 463 g/mol. The second kappa shape index (κ2) is 12.0. The van der Waals surface area contributed by atoms with Crippen LogP contribution < -0.4 is 11.1 Å². The normalized spacial score (nSPS) is 13.6. The molecule has 3 aromatic rings. The SMILES string of the molecule is CC(CC(=O)C(Cc1cccc2ccccc12)NC(=O)OCc1ccccc1)C[C@H](N)C(=O)O. The minimum atomic E-state index is -1.10. The van der Waals surface area contributed by atoms with Crippen LogP contribution in [0.15, 0.2) is 72.8 Å². The minimum Gasteiger partial charge on any atom is -0.480 e. The molecule has 0 saturated carbocycles. The number of nitrogens with one attached hydrogen (secondary N) is 1. The molecule has 0 aliphatic carbocycles. The van der Waals surface area contributed by atoms with Gasteiger partial charge in [-0.2, -0.15) is 0 Å². The summed E-state index contributed by atoms with van der Waals surface area (Å²) in [6.07, 6.45) is -0.133. The Morgan fingerprint density at radius 3 is 2.38 bits per heavy atom. The van der Waals surface area contributed by atoms with Crippen molar-refractivity contribution in [3.8, 4) is 0 Å². The Kier molecular flexibility index (Phi) is 8.76. The molecule has 0 saturated heterocycles. The number of fused-ring (bicyclic) bond motifs is 1. The molecule has 0 aliphatic heterocycles. The number of rotatable bonds is 11. The molecule has 178 valence electrons. The number of amides is 1. The minimum absolute atomic E-state index is 0.0890. The summed E-state index contributed by atoms with van der Waals surface area (Å²) in [6, 6.07) is 21.1. The molecule has 0 heterocycles. The van der Waals surface area contributed by atoms with Gasteiger partial charge in [0.25, 0.3) is 0 Å². The van der Waals surface area contributed by atoms with Gasteiger partial charge in [-0.05, 0) is 34.2 Å². The summed E-state index contributed by atoms with van der Waals surface area (Å²) in [4.78, 5) is 36.8. The van der Waals surface area contributed by atoms with E-state index >= 15 is 0 Å². The number of carbonyl (C=O) groups is 3. The molecule has 7 heteroatoms. The summed E-state index contributed by atoms with van der Waals surface area (Å²) in [5, 5.41) is 13.8. The predicted molar refractivity (Wildman–Crippen MR) is 130 cm³/mol. The van der Waals surface area contributed by atoms with Crippen LogP contribution in [0.4, 0.5) is 4.79 Å². The maximum absolute atomic E-state index is 13.2. The number of benzene rings is 3. The van der Waals surface area contributed by atoms with Crippen molar-refractivity contribution >= 4 is 28.6 Å². The van der Waals surface area contributed by atoms with Crippen molar-refractivity contribution in [3.63, 3.8) is 0 Å². The quantitative estimate of drug-likeness (QED) is 0.395. The second-order valence-corrected chi connectivity index (χ2v) is 8.56. The Morgan fingerprint density at radius 2 is 1.65 bits per heavy atom. The zero-order chi connectivity index (χ0) is 24.5. The third-order valence-corrected chi connectivity index (χ3v) is 5.72. The van der Waals surface area contributed by atoms with E-state index in [4.69, 9.17) is 15.6 Å². The van der Waals surface area contributed by atoms with E-state index in [0.717, 1.165) is 21.9 Å². The highest BCUT2D eigenvalue weighted by Crippen LogP contribution is 2.21. The number of Topliss-reactive ketones (excluding diaryl/α,β-unsaturated/α-hetero) is 1. The summed E-state index contributed by atoms with van der Waals surface area (Å²) in [6.45, 7) is 1.87. The highest BCUT2D eigenvalue weighted by molar-refractivity contribution is 5.90. The zero-order valence-electron chi connectivity index (χ0n) is 19.1. The molecule has 0 fully saturated rings. The van der Waals surface area contributed by atoms with E-state index in [-0.39, 0.29) is 31.1 Å². The Bertz CT molecular complexity index is 1130. The highest BCUT2D eigenvalue weighted by Gasteiger charge is 2.26. The number of hydrogen-bond donors (Lipinski definition) is 3. The maximum atomic E-state index is 13.2. The molecular weight excluding hydrogens is 432 g/mol. The molecule has 0 spiro atoms. The van der Waals surface area contributed by atoms with Gasteiger partial charge in [0.15, 0.2) is 5.78 Å². The van der Waals surface area contributed by atoms with Gasteiger partial charge in [0.2, 0.25) is 0 Å². The first kappa shape index (κ1) is 24.9. The molecule has 7 nitrogen and oxygen atoms in total. The van der Waals surface area contributed by atoms with E-state index in [9.17, 15) is 14.4 Å². The van der Waals surface area contributed by atoms with E-state index in [1.165, 1.54) is 0 Å². The van der Waals surface area contributed by atoms with E-state index in [0.29, 0.717) is 6.42 Å². The number of nitrogens with two attached hydrogens (primary N) is 1. The van der Waals surface area contributed by atoms with Crippen LogP contribution in [0.2, 0.25) is 0 Å². The number of ether oxygens (including phenoxy) is 1. The van der Waals surface area contributed by atoms with Gasteiger partial charge in [-0.25, -0.2) is 4.79 Å². The summed E-state index contributed by atoms with van der Waals surface area (Å²) in [5.74, 6) is -1.56. The first-order valence-corrected chi connectivity index (χ1v) is 11.3. The smallest absolute Gasteiger partial charge is 0.408 e. The zero-order valence-corrected chi connectivity index (χ0v) is 19.1. The predicted octanol–water partition coefficient (Wildman–Crippen LogP) is 4.07. The molecule has 0 aliphatic rings. The number of alkyl carbamates (subject to hydrolysis) is 1. The fourth-order valence-electron chi connectivity index (χ4n) is 3.95. The fourth-order valence-corrected chi connectivity index (χ4v) is 3.95. The molecule has 0 bridgehead atoms. The summed E-state index contributed by atoms with van der Waals surface area (Å²) in [7, 11) is 0. The van der Waals surface area contributed by atoms with E-state index in [1.54, 1.807) is 6.92 Å². The van der Waals surface area contributed by atoms with Crippen molar-refractivity contribution in [1.29, 1.82) is 0 Å². The lowest BCUT2D eigenvalue weighted by atomic mass is 9.91. The van der Waals surface area contributed by atoms with E-state index in [2.05, 4.69) is 5.32 Å². The number of ketones is 1. The number of carbonyl (C=O) groups excluding carboxylic acids is 2. The van der Waals surface area contributed by atoms with Gasteiger partial charge >= 0.3 is 12.1 Å². The lowest BCUT2D eigenvalue weighted by Crippen LogP contribution is -2.43. The van der Waals surface area contributed by atoms with Gasteiger partial charge in [-0.1, -0.05) is 79.7 Å². The molecule has 3 atom stereocenters. The highest BCUT2D eigenvalue weighted by atomic mass is 16.5. The van der Waals surface area contributed by atoms with Gasteiger partial charge in [-0.15, -0.1) is 0 Å². The van der Waals surface area contributed by atoms with Gasteiger partial charge in [0, 0.05) is 12.8 Å². The molecule has 0 aromatic heterocycles. The topological polar surface area (TPSA) is 119 Å². The Hall–Kier alpha value is -3.71. The Morgan fingerprint density at radius 1 is 0.971 bits per heavy atom. The van der Waals surface area contributed by atoms with Crippen LogP contribution in [0.25, 0.3) is 10.8 Å². The first-order chi connectivity index (χ1) is 16.3. The molecule has 3 aromatic carbocycles. The lowest BCUT2D eigenvalue weighted by Gasteiger charge is -2.21. The van der Waals surface area contributed by atoms with Gasteiger partial charge in [-0.3, -0.25) is 9.59 Å². The fraction of sp³-hybridized carbons (Fsp3) is 0.296. The molecular formula is C27H30N2O5. The average Bonchev–Trinajstić information content (AvgIpc) is 2.83. The summed E-state index contributed by atoms with van der Waals surface area (Å²) >= 11 is 0. The molecule has 2 unspecified atom stereocenters. The van der Waals surface area contributed by atoms with Crippen molar-refractivity contribution in [2.75, 3.05) is 0 Å². The summed E-state index contributed by atoms with van der Waals surface area (Å²) < 4.78 is 5.33. The first-order valence-electron chi connectivity index (χ1n) is 11.3. The lowest BCUT2D eigenvalue weighted by molar-refractivity contribution is -0.139. The van der Waals surface area contributed by atoms with Crippen LogP contribution in [0.5, 0.6) is 0 Å². The van der Waals surface area contributed by atoms with Crippen molar-refractivity contribution in [3.05, 3.63) is 83.9 Å². The Balaban J connectivity index is 1.74. The molecule has 0 radical (unpaired) electrons. The molecule has 4 N–H and O–H groups in total. The number of hydrogen-bond acceptors (Lipinski definition) is 5. The van der Waals surface area contributed by atoms with Crippen LogP contribution in [0.3, 0.4) is 0 Å². The van der Waals surface area contributed by atoms with Crippen LogP contribution in [-0.2, 0) is 27.4 Å². The van der Waals surface area contributed by atoms with Crippen molar-refractivity contribution in [2.24, 2.45) is 11.7 Å². The summed E-state index contributed by atoms with van der Waals surface area (Å²) in [5.41, 5.74) is 7.39. The molecule has 3 rings (SSSR count). The van der Waals surface area contributed by atoms with E-state index in [1.807, 2.05) is 72.8 Å². The standard InChI is InChI=1S/C27H30N2O5/c1-18(14-23(28)26(31)32)15-25(30)24(29-27(33)34-17-19-8-3-2-4-9-19)16-21-12-7-11-20-10-5-6-13-22(20)21/h2-13,18,23-24H,14-17,28H2,1H3,(H,29,33)(H,31,32)/t18?,23-,24?/m0/s1. The molecule has 1 amide bonds. The number of aliphatic carboxylic acids is 1. The van der Waals surface area contributed by atoms with Crippen LogP contribution in [0.1, 0.15) is 30.9 Å². The number of carboxylic acids is 1. The van der Waals surface area contributed by atoms with Gasteiger partial charge in [0.05, 0.1) is 6.04 Å². The van der Waals surface area contributed by atoms with Crippen molar-refractivity contribution in [1.82, 2.24) is 5.32 Å². The second-order valence-electron chi connectivity index (χ2n) is 8.56. The monoisotopic (exact) mass is 462 g/mol. The van der Waals surface area contributed by atoms with Gasteiger partial charge < -0.3 is 20.9 Å². The Labute approximate surface area is 198 Å². The van der Waals surface area contributed by atoms with Gasteiger partial charge in [0.1, 0.15) is 12.6 Å². The largest absolute Gasteiger partial charge is 0.480 e. The molecule has 34 heavy (non-hydrogen) atoms. The van der Waals surface area contributed by atoms with Crippen molar-refractivity contribution < 1.29 is 24.2 Å². The third-order valence-electron chi connectivity index (χ3n) is 5.72. The van der Waals surface area contributed by atoms with Crippen LogP contribution in [-0.4, -0.2) is 35.0 Å².